The van der Waals surface area contributed by atoms with Crippen LogP contribution in [0.1, 0.15) is 12.0 Å². The van der Waals surface area contributed by atoms with Gasteiger partial charge in [-0.15, -0.1) is 0 Å². The number of carbonyl (C=O) groups excluding carboxylic acids is 1. The van der Waals surface area contributed by atoms with Crippen LogP contribution in [0.2, 0.25) is 5.15 Å². The van der Waals surface area contributed by atoms with E-state index in [1.165, 1.54) is 6.33 Å². The number of likely N-dealkylation sites (tertiary alicyclic amines) is 1. The van der Waals surface area contributed by atoms with E-state index in [1.807, 2.05) is 23.1 Å². The van der Waals surface area contributed by atoms with E-state index in [0.717, 1.165) is 29.4 Å². The Kier molecular flexibility index (Phi) is 3.11. The van der Waals surface area contributed by atoms with Crippen LogP contribution in [-0.4, -0.2) is 27.3 Å². The van der Waals surface area contributed by atoms with E-state index in [4.69, 9.17) is 11.6 Å². The molecule has 1 fully saturated rings. The van der Waals surface area contributed by atoms with Crippen molar-refractivity contribution in [2.24, 2.45) is 5.92 Å². The molecule has 0 saturated carbocycles. The highest BCUT2D eigenvalue weighted by atomic mass is 35.5. The molecule has 0 N–H and O–H groups in total. The molecule has 0 spiro atoms. The van der Waals surface area contributed by atoms with Gasteiger partial charge >= 0.3 is 0 Å². The first-order valence-corrected chi connectivity index (χ1v) is 6.54. The van der Waals surface area contributed by atoms with E-state index in [9.17, 15) is 4.79 Å². The third kappa shape index (κ3) is 2.28. The van der Waals surface area contributed by atoms with Crippen LogP contribution in [0.5, 0.6) is 0 Å². The molecule has 1 aromatic heterocycles. The Labute approximate surface area is 116 Å². The minimum absolute atomic E-state index is 0.104. The van der Waals surface area contributed by atoms with Gasteiger partial charge in [0.05, 0.1) is 5.52 Å². The van der Waals surface area contributed by atoms with Crippen molar-refractivity contribution in [1.29, 1.82) is 0 Å². The smallest absolute Gasteiger partial charge is 0.226 e. The van der Waals surface area contributed by atoms with Gasteiger partial charge in [0.1, 0.15) is 11.5 Å². The number of rotatable bonds is 2. The molecule has 1 atom stereocenters. The second kappa shape index (κ2) is 4.78. The number of aromatic nitrogens is 2. The van der Waals surface area contributed by atoms with Crippen molar-refractivity contribution in [3.8, 4) is 0 Å². The Bertz CT molecular complexity index is 644. The second-order valence-electron chi connectivity index (χ2n) is 4.76. The lowest BCUT2D eigenvalue weighted by Crippen LogP contribution is -2.26. The van der Waals surface area contributed by atoms with Crippen molar-refractivity contribution in [2.45, 2.75) is 13.0 Å². The lowest BCUT2D eigenvalue weighted by molar-refractivity contribution is -0.130. The van der Waals surface area contributed by atoms with Crippen molar-refractivity contribution in [3.63, 3.8) is 0 Å². The van der Waals surface area contributed by atoms with Crippen LogP contribution < -0.4 is 0 Å². The fraction of sp³-hybridized carbons (Fsp3) is 0.286. The summed E-state index contributed by atoms with van der Waals surface area (Å²) in [6, 6.07) is 5.82. The number of amides is 1. The minimum atomic E-state index is -0.104. The molecule has 1 aliphatic heterocycles. The summed E-state index contributed by atoms with van der Waals surface area (Å²) < 4.78 is 0. The number of carbonyl (C=O) groups is 1. The zero-order valence-corrected chi connectivity index (χ0v) is 11.1. The molecule has 1 amide bonds. The molecule has 4 nitrogen and oxygen atoms in total. The van der Waals surface area contributed by atoms with Crippen molar-refractivity contribution >= 4 is 28.4 Å². The molecule has 0 bridgehead atoms. The average molecular weight is 275 g/mol. The summed E-state index contributed by atoms with van der Waals surface area (Å²) in [5, 5.41) is 1.26. The Hall–Kier alpha value is -1.68. The van der Waals surface area contributed by atoms with Crippen LogP contribution >= 0.6 is 11.6 Å². The maximum atomic E-state index is 11.9. The third-order valence-corrected chi connectivity index (χ3v) is 3.73. The molecule has 97 valence electrons. The molecule has 1 saturated heterocycles. The Morgan fingerprint density at radius 3 is 3.00 bits per heavy atom. The topological polar surface area (TPSA) is 46.1 Å². The number of benzene rings is 1. The fourth-order valence-electron chi connectivity index (χ4n) is 2.35. The summed E-state index contributed by atoms with van der Waals surface area (Å²) in [5.74, 6) is 0.0166. The van der Waals surface area contributed by atoms with E-state index in [1.54, 1.807) is 0 Å². The molecular formula is C14H13ClN3O. The molecule has 1 radical (unpaired) electrons. The maximum absolute atomic E-state index is 11.9. The number of hydrogen-bond acceptors (Lipinski definition) is 3. The lowest BCUT2D eigenvalue weighted by Gasteiger charge is -2.16. The van der Waals surface area contributed by atoms with E-state index < -0.39 is 0 Å². The maximum Gasteiger partial charge on any atom is 0.226 e. The zero-order valence-electron chi connectivity index (χ0n) is 10.3. The van der Waals surface area contributed by atoms with Crippen LogP contribution in [-0.2, 0) is 11.3 Å². The molecule has 1 aliphatic rings. The Morgan fingerprint density at radius 2 is 2.26 bits per heavy atom. The summed E-state index contributed by atoms with van der Waals surface area (Å²) >= 11 is 6.06. The minimum Gasteiger partial charge on any atom is -0.338 e. The summed E-state index contributed by atoms with van der Waals surface area (Å²) in [7, 11) is 0. The summed E-state index contributed by atoms with van der Waals surface area (Å²) in [5.41, 5.74) is 1.85. The van der Waals surface area contributed by atoms with Crippen LogP contribution in [0.15, 0.2) is 24.5 Å². The van der Waals surface area contributed by atoms with E-state index >= 15 is 0 Å². The molecule has 3 rings (SSSR count). The average Bonchev–Trinajstić information content (AvgIpc) is 2.72. The van der Waals surface area contributed by atoms with E-state index in [-0.39, 0.29) is 11.8 Å². The van der Waals surface area contributed by atoms with Crippen LogP contribution in [0, 0.1) is 12.8 Å². The monoisotopic (exact) mass is 274 g/mol. The van der Waals surface area contributed by atoms with Crippen LogP contribution in [0.25, 0.3) is 10.9 Å². The van der Waals surface area contributed by atoms with E-state index in [0.29, 0.717) is 11.7 Å². The van der Waals surface area contributed by atoms with Crippen LogP contribution in [0.4, 0.5) is 0 Å². The van der Waals surface area contributed by atoms with E-state index in [2.05, 4.69) is 16.9 Å². The molecule has 5 heteroatoms. The molecule has 0 unspecified atom stereocenters. The van der Waals surface area contributed by atoms with Gasteiger partial charge in [-0.3, -0.25) is 4.79 Å². The highest BCUT2D eigenvalue weighted by molar-refractivity contribution is 6.34. The van der Waals surface area contributed by atoms with Gasteiger partial charge in [0.2, 0.25) is 5.91 Å². The number of nitrogens with zero attached hydrogens (tertiary/aromatic N) is 3. The number of hydrogen-bond donors (Lipinski definition) is 0. The molecule has 2 heterocycles. The Morgan fingerprint density at radius 1 is 1.42 bits per heavy atom. The second-order valence-corrected chi connectivity index (χ2v) is 5.12. The standard InChI is InChI=1S/C14H13ClN3O/c1-9-4-5-18(14(9)19)7-10-2-3-12-11(6-10)13(15)17-8-16-12/h2-3,6,8-9H,1,4-5,7H2/t9-/m0/s1. The molecule has 1 aromatic carbocycles. The van der Waals surface area contributed by atoms with Gasteiger partial charge in [0, 0.05) is 24.4 Å². The molecule has 0 aliphatic carbocycles. The first-order valence-electron chi connectivity index (χ1n) is 6.16. The van der Waals surface area contributed by atoms with Crippen molar-refractivity contribution in [1.82, 2.24) is 14.9 Å². The SMILES string of the molecule is [CH2][C@H]1CCN(Cc2ccc3ncnc(Cl)c3c2)C1=O. The van der Waals surface area contributed by atoms with Gasteiger partial charge in [-0.2, -0.15) is 0 Å². The Balaban J connectivity index is 1.90. The van der Waals surface area contributed by atoms with Gasteiger partial charge in [0.15, 0.2) is 0 Å². The van der Waals surface area contributed by atoms with Gasteiger partial charge in [-0.1, -0.05) is 17.7 Å². The molecule has 19 heavy (non-hydrogen) atoms. The summed E-state index contributed by atoms with van der Waals surface area (Å²) in [6.07, 6.45) is 2.28. The van der Waals surface area contributed by atoms with Crippen LogP contribution in [0.3, 0.4) is 0 Å². The largest absolute Gasteiger partial charge is 0.338 e. The van der Waals surface area contributed by atoms with Gasteiger partial charge in [-0.25, -0.2) is 9.97 Å². The lowest BCUT2D eigenvalue weighted by atomic mass is 10.1. The molecular weight excluding hydrogens is 262 g/mol. The first kappa shape index (κ1) is 12.4. The van der Waals surface area contributed by atoms with Crippen molar-refractivity contribution < 1.29 is 4.79 Å². The normalized spacial score (nSPS) is 19.4. The summed E-state index contributed by atoms with van der Waals surface area (Å²) in [6.45, 7) is 5.20. The third-order valence-electron chi connectivity index (χ3n) is 3.43. The first-order chi connectivity index (χ1) is 9.15. The zero-order chi connectivity index (χ0) is 13.4. The van der Waals surface area contributed by atoms with Crippen molar-refractivity contribution in [3.05, 3.63) is 42.2 Å². The quantitative estimate of drug-likeness (QED) is 0.791. The highest BCUT2D eigenvalue weighted by Crippen LogP contribution is 2.23. The van der Waals surface area contributed by atoms with Gasteiger partial charge in [-0.05, 0) is 31.0 Å². The number of halogens is 1. The van der Waals surface area contributed by atoms with Crippen molar-refractivity contribution in [2.75, 3.05) is 6.54 Å². The number of fused-ring (bicyclic) bond motifs is 1. The molecule has 2 aromatic rings. The predicted molar refractivity (Wildman–Crippen MR) is 73.4 cm³/mol. The summed E-state index contributed by atoms with van der Waals surface area (Å²) in [4.78, 5) is 21.8. The predicted octanol–water partition coefficient (Wildman–Crippen LogP) is 2.47. The fourth-order valence-corrected chi connectivity index (χ4v) is 2.55. The van der Waals surface area contributed by atoms with Gasteiger partial charge in [0.25, 0.3) is 0 Å². The highest BCUT2D eigenvalue weighted by Gasteiger charge is 2.27. The van der Waals surface area contributed by atoms with Gasteiger partial charge < -0.3 is 4.90 Å².